The van der Waals surface area contributed by atoms with Gasteiger partial charge in [0, 0.05) is 10.5 Å². The quantitative estimate of drug-likeness (QED) is 0.867. The van der Waals surface area contributed by atoms with Crippen LogP contribution in [0.25, 0.3) is 0 Å². The van der Waals surface area contributed by atoms with Gasteiger partial charge in [-0.05, 0) is 37.5 Å². The molecule has 1 aliphatic carbocycles. The van der Waals surface area contributed by atoms with Crippen LogP contribution in [0.5, 0.6) is 5.75 Å². The van der Waals surface area contributed by atoms with Crippen LogP contribution in [0.3, 0.4) is 0 Å². The third kappa shape index (κ3) is 3.38. The summed E-state index contributed by atoms with van der Waals surface area (Å²) in [7, 11) is 1.71. The minimum Gasteiger partial charge on any atom is -0.495 e. The van der Waals surface area contributed by atoms with E-state index in [9.17, 15) is 0 Å². The number of rotatable bonds is 5. The standard InChI is InChI=1S/C14H20BrNO/c1-10(8-11-4-3-5-11)16-13-9-12(15)6-7-14(13)17-2/h6-7,9-11,16H,3-5,8H2,1-2H3. The molecule has 1 N–H and O–H groups in total. The normalized spacial score (nSPS) is 17.4. The van der Waals surface area contributed by atoms with Crippen molar-refractivity contribution in [3.8, 4) is 5.75 Å². The highest BCUT2D eigenvalue weighted by molar-refractivity contribution is 9.10. The van der Waals surface area contributed by atoms with Crippen molar-refractivity contribution in [2.45, 2.75) is 38.6 Å². The van der Waals surface area contributed by atoms with Crippen LogP contribution in [-0.2, 0) is 0 Å². The monoisotopic (exact) mass is 297 g/mol. The zero-order valence-electron chi connectivity index (χ0n) is 10.5. The summed E-state index contributed by atoms with van der Waals surface area (Å²) in [6, 6.07) is 6.57. The SMILES string of the molecule is COc1ccc(Br)cc1NC(C)CC1CCC1. The molecule has 0 spiro atoms. The van der Waals surface area contributed by atoms with Crippen LogP contribution in [0, 0.1) is 5.92 Å². The molecule has 1 aliphatic rings. The summed E-state index contributed by atoms with van der Waals surface area (Å²) >= 11 is 3.50. The number of hydrogen-bond acceptors (Lipinski definition) is 2. The van der Waals surface area contributed by atoms with Gasteiger partial charge < -0.3 is 10.1 Å². The molecule has 1 aromatic rings. The summed E-state index contributed by atoms with van der Waals surface area (Å²) in [5.74, 6) is 1.84. The summed E-state index contributed by atoms with van der Waals surface area (Å²) in [5, 5.41) is 3.55. The summed E-state index contributed by atoms with van der Waals surface area (Å²) in [4.78, 5) is 0. The Kier molecular flexibility index (Phi) is 4.32. The molecule has 0 saturated heterocycles. The molecule has 0 aliphatic heterocycles. The number of hydrogen-bond donors (Lipinski definition) is 1. The van der Waals surface area contributed by atoms with E-state index in [-0.39, 0.29) is 0 Å². The number of nitrogens with one attached hydrogen (secondary N) is 1. The largest absolute Gasteiger partial charge is 0.495 e. The number of ether oxygens (including phenoxy) is 1. The summed E-state index contributed by atoms with van der Waals surface area (Å²) in [6.07, 6.45) is 5.48. The highest BCUT2D eigenvalue weighted by atomic mass is 79.9. The van der Waals surface area contributed by atoms with Gasteiger partial charge in [0.25, 0.3) is 0 Å². The van der Waals surface area contributed by atoms with Crippen molar-refractivity contribution in [3.63, 3.8) is 0 Å². The molecule has 0 heterocycles. The average molecular weight is 298 g/mol. The van der Waals surface area contributed by atoms with E-state index in [1.54, 1.807) is 7.11 Å². The molecule has 3 heteroatoms. The van der Waals surface area contributed by atoms with Crippen LogP contribution >= 0.6 is 15.9 Å². The molecule has 0 amide bonds. The second-order valence-electron chi connectivity index (χ2n) is 4.92. The fourth-order valence-corrected chi connectivity index (χ4v) is 2.71. The van der Waals surface area contributed by atoms with Crippen LogP contribution in [-0.4, -0.2) is 13.2 Å². The predicted molar refractivity (Wildman–Crippen MR) is 75.7 cm³/mol. The van der Waals surface area contributed by atoms with E-state index in [1.807, 2.05) is 12.1 Å². The van der Waals surface area contributed by atoms with Crippen molar-refractivity contribution in [1.29, 1.82) is 0 Å². The maximum absolute atomic E-state index is 5.36. The molecular formula is C14H20BrNO. The minimum absolute atomic E-state index is 0.503. The lowest BCUT2D eigenvalue weighted by molar-refractivity contribution is 0.285. The third-order valence-electron chi connectivity index (χ3n) is 3.48. The fourth-order valence-electron chi connectivity index (χ4n) is 2.35. The van der Waals surface area contributed by atoms with Gasteiger partial charge in [-0.1, -0.05) is 35.2 Å². The first kappa shape index (κ1) is 12.7. The molecule has 0 bridgehead atoms. The molecule has 2 rings (SSSR count). The van der Waals surface area contributed by atoms with Gasteiger partial charge in [-0.2, -0.15) is 0 Å². The lowest BCUT2D eigenvalue weighted by atomic mass is 9.81. The number of halogens is 1. The molecule has 0 aromatic heterocycles. The Hall–Kier alpha value is -0.700. The first-order chi connectivity index (χ1) is 8.19. The van der Waals surface area contributed by atoms with Crippen LogP contribution in [0.15, 0.2) is 22.7 Å². The van der Waals surface area contributed by atoms with Crippen LogP contribution in [0.2, 0.25) is 0 Å². The second-order valence-corrected chi connectivity index (χ2v) is 5.84. The molecular weight excluding hydrogens is 278 g/mol. The van der Waals surface area contributed by atoms with Gasteiger partial charge in [0.05, 0.1) is 12.8 Å². The van der Waals surface area contributed by atoms with Crippen molar-refractivity contribution >= 4 is 21.6 Å². The maximum atomic E-state index is 5.36. The van der Waals surface area contributed by atoms with Gasteiger partial charge >= 0.3 is 0 Å². The van der Waals surface area contributed by atoms with E-state index in [2.05, 4.69) is 34.2 Å². The van der Waals surface area contributed by atoms with E-state index in [0.29, 0.717) is 6.04 Å². The van der Waals surface area contributed by atoms with Gasteiger partial charge in [-0.3, -0.25) is 0 Å². The molecule has 1 atom stereocenters. The molecule has 0 radical (unpaired) electrons. The molecule has 2 nitrogen and oxygen atoms in total. The van der Waals surface area contributed by atoms with Gasteiger partial charge in [0.15, 0.2) is 0 Å². The van der Waals surface area contributed by atoms with Crippen molar-refractivity contribution in [2.75, 3.05) is 12.4 Å². The van der Waals surface area contributed by atoms with E-state index in [1.165, 1.54) is 25.7 Å². The lowest BCUT2D eigenvalue weighted by Crippen LogP contribution is -2.23. The Bertz CT molecular complexity index is 376. The molecule has 1 unspecified atom stereocenters. The van der Waals surface area contributed by atoms with Crippen molar-refractivity contribution in [1.82, 2.24) is 0 Å². The number of methoxy groups -OCH3 is 1. The Morgan fingerprint density at radius 3 is 2.82 bits per heavy atom. The van der Waals surface area contributed by atoms with Crippen molar-refractivity contribution < 1.29 is 4.74 Å². The zero-order chi connectivity index (χ0) is 12.3. The average Bonchev–Trinajstić information content (AvgIpc) is 2.24. The summed E-state index contributed by atoms with van der Waals surface area (Å²) in [5.41, 5.74) is 1.08. The number of benzene rings is 1. The topological polar surface area (TPSA) is 21.3 Å². The highest BCUT2D eigenvalue weighted by Gasteiger charge is 2.20. The van der Waals surface area contributed by atoms with Crippen LogP contribution < -0.4 is 10.1 Å². The Morgan fingerprint density at radius 1 is 1.47 bits per heavy atom. The Labute approximate surface area is 112 Å². The third-order valence-corrected chi connectivity index (χ3v) is 3.97. The maximum Gasteiger partial charge on any atom is 0.142 e. The predicted octanol–water partition coefficient (Wildman–Crippen LogP) is 4.45. The molecule has 94 valence electrons. The van der Waals surface area contributed by atoms with Crippen LogP contribution in [0.1, 0.15) is 32.6 Å². The lowest BCUT2D eigenvalue weighted by Gasteiger charge is -2.29. The van der Waals surface area contributed by atoms with Gasteiger partial charge in [0.1, 0.15) is 5.75 Å². The Balaban J connectivity index is 1.98. The molecule has 17 heavy (non-hydrogen) atoms. The van der Waals surface area contributed by atoms with Gasteiger partial charge in [0.2, 0.25) is 0 Å². The fraction of sp³-hybridized carbons (Fsp3) is 0.571. The van der Waals surface area contributed by atoms with E-state index >= 15 is 0 Å². The first-order valence-corrected chi connectivity index (χ1v) is 7.08. The van der Waals surface area contributed by atoms with E-state index in [4.69, 9.17) is 4.74 Å². The second kappa shape index (κ2) is 5.76. The first-order valence-electron chi connectivity index (χ1n) is 6.29. The van der Waals surface area contributed by atoms with Gasteiger partial charge in [-0.15, -0.1) is 0 Å². The zero-order valence-corrected chi connectivity index (χ0v) is 12.1. The summed E-state index contributed by atoms with van der Waals surface area (Å²) < 4.78 is 6.44. The summed E-state index contributed by atoms with van der Waals surface area (Å²) in [6.45, 7) is 2.25. The van der Waals surface area contributed by atoms with E-state index < -0.39 is 0 Å². The van der Waals surface area contributed by atoms with Crippen molar-refractivity contribution in [2.24, 2.45) is 5.92 Å². The van der Waals surface area contributed by atoms with E-state index in [0.717, 1.165) is 21.8 Å². The molecule has 1 saturated carbocycles. The number of anilines is 1. The highest BCUT2D eigenvalue weighted by Crippen LogP contribution is 2.33. The van der Waals surface area contributed by atoms with Crippen LogP contribution in [0.4, 0.5) is 5.69 Å². The smallest absolute Gasteiger partial charge is 0.142 e. The van der Waals surface area contributed by atoms with Gasteiger partial charge in [-0.25, -0.2) is 0 Å². The van der Waals surface area contributed by atoms with Crippen molar-refractivity contribution in [3.05, 3.63) is 22.7 Å². The molecule has 1 fully saturated rings. The molecule has 1 aromatic carbocycles. The minimum atomic E-state index is 0.503. The Morgan fingerprint density at radius 2 is 2.24 bits per heavy atom.